The number of ether oxygens (including phenoxy) is 2. The van der Waals surface area contributed by atoms with Crippen LogP contribution in [-0.2, 0) is 27.4 Å². The van der Waals surface area contributed by atoms with Gasteiger partial charge in [0.25, 0.3) is 5.91 Å². The molecule has 0 aliphatic carbocycles. The number of esters is 1. The van der Waals surface area contributed by atoms with E-state index in [2.05, 4.69) is 4.98 Å². The molecule has 0 N–H and O–H groups in total. The third-order valence-corrected chi connectivity index (χ3v) is 5.46. The summed E-state index contributed by atoms with van der Waals surface area (Å²) in [6, 6.07) is 19.3. The van der Waals surface area contributed by atoms with Crippen LogP contribution in [0.15, 0.2) is 60.7 Å². The molecule has 6 nitrogen and oxygen atoms in total. The van der Waals surface area contributed by atoms with Crippen molar-refractivity contribution in [1.29, 1.82) is 0 Å². The zero-order chi connectivity index (χ0) is 21.3. The van der Waals surface area contributed by atoms with Crippen molar-refractivity contribution in [3.63, 3.8) is 0 Å². The minimum Gasteiger partial charge on any atom is -0.462 e. The molecule has 1 aromatic heterocycles. The summed E-state index contributed by atoms with van der Waals surface area (Å²) in [5, 5.41) is 0.452. The van der Waals surface area contributed by atoms with E-state index >= 15 is 0 Å². The van der Waals surface area contributed by atoms with Crippen molar-refractivity contribution in [3.05, 3.63) is 82.4 Å². The van der Waals surface area contributed by atoms with Gasteiger partial charge < -0.3 is 9.47 Å². The number of carbonyl (C=O) groups is 2. The minimum atomic E-state index is -0.425. The van der Waals surface area contributed by atoms with Gasteiger partial charge in [0, 0.05) is 0 Å². The van der Waals surface area contributed by atoms with Gasteiger partial charge in [0.1, 0.15) is 11.5 Å². The Morgan fingerprint density at radius 2 is 1.63 bits per heavy atom. The Morgan fingerprint density at radius 1 is 1.00 bits per heavy atom. The van der Waals surface area contributed by atoms with E-state index in [1.807, 2.05) is 60.7 Å². The summed E-state index contributed by atoms with van der Waals surface area (Å²) in [6.07, 6.45) is 0. The molecule has 0 aliphatic heterocycles. The fraction of sp³-hybridized carbons (Fsp3) is 0.261. The number of amides is 1. The molecule has 0 saturated heterocycles. The van der Waals surface area contributed by atoms with Gasteiger partial charge in [0.15, 0.2) is 5.13 Å². The molecule has 156 valence electrons. The molecule has 30 heavy (non-hydrogen) atoms. The van der Waals surface area contributed by atoms with Crippen molar-refractivity contribution < 1.29 is 19.1 Å². The molecule has 0 atom stereocenters. The van der Waals surface area contributed by atoms with Gasteiger partial charge in [-0.05, 0) is 25.0 Å². The van der Waals surface area contributed by atoms with Crippen molar-refractivity contribution in [2.45, 2.75) is 27.0 Å². The summed E-state index contributed by atoms with van der Waals surface area (Å²) in [4.78, 5) is 31.6. The van der Waals surface area contributed by atoms with Gasteiger partial charge in [-0.25, -0.2) is 9.78 Å². The lowest BCUT2D eigenvalue weighted by molar-refractivity contribution is -0.123. The number of rotatable bonds is 9. The molecule has 0 spiro atoms. The highest BCUT2D eigenvalue weighted by molar-refractivity contribution is 7.17. The molecule has 7 heteroatoms. The van der Waals surface area contributed by atoms with Gasteiger partial charge in [-0.2, -0.15) is 0 Å². The Labute approximate surface area is 180 Å². The first-order chi connectivity index (χ1) is 14.6. The number of aromatic nitrogens is 1. The zero-order valence-electron chi connectivity index (χ0n) is 17.0. The lowest BCUT2D eigenvalue weighted by Crippen LogP contribution is -2.33. The maximum absolute atomic E-state index is 13.0. The van der Waals surface area contributed by atoms with E-state index in [1.54, 1.807) is 18.7 Å². The van der Waals surface area contributed by atoms with Crippen molar-refractivity contribution in [3.8, 4) is 0 Å². The molecule has 0 aliphatic rings. The second kappa shape index (κ2) is 10.7. The summed E-state index contributed by atoms with van der Waals surface area (Å²) in [5.41, 5.74) is 2.50. The first-order valence-corrected chi connectivity index (χ1v) is 10.5. The lowest BCUT2D eigenvalue weighted by Gasteiger charge is -2.20. The number of nitrogens with zero attached hydrogens (tertiary/aromatic N) is 2. The van der Waals surface area contributed by atoms with E-state index in [0.717, 1.165) is 22.5 Å². The third-order valence-electron chi connectivity index (χ3n) is 4.30. The molecular formula is C23H24N2O4S. The van der Waals surface area contributed by atoms with E-state index in [0.29, 0.717) is 28.9 Å². The number of thiazole rings is 1. The predicted molar refractivity (Wildman–Crippen MR) is 117 cm³/mol. The number of benzene rings is 2. The fourth-order valence-electron chi connectivity index (χ4n) is 2.82. The lowest BCUT2D eigenvalue weighted by atomic mass is 10.2. The summed E-state index contributed by atoms with van der Waals surface area (Å²) in [7, 11) is 0. The van der Waals surface area contributed by atoms with Crippen LogP contribution in [0.4, 0.5) is 5.13 Å². The van der Waals surface area contributed by atoms with Gasteiger partial charge in [0.2, 0.25) is 0 Å². The molecule has 0 unspecified atom stereocenters. The van der Waals surface area contributed by atoms with Gasteiger partial charge >= 0.3 is 5.97 Å². The summed E-state index contributed by atoms with van der Waals surface area (Å²) >= 11 is 1.16. The zero-order valence-corrected chi connectivity index (χ0v) is 17.9. The van der Waals surface area contributed by atoms with E-state index < -0.39 is 5.97 Å². The topological polar surface area (TPSA) is 68.7 Å². The van der Waals surface area contributed by atoms with Crippen LogP contribution in [-0.4, -0.2) is 30.1 Å². The van der Waals surface area contributed by atoms with E-state index in [-0.39, 0.29) is 19.1 Å². The average Bonchev–Trinajstić information content (AvgIpc) is 3.15. The highest BCUT2D eigenvalue weighted by Crippen LogP contribution is 2.28. The highest BCUT2D eigenvalue weighted by atomic mass is 32.1. The molecule has 3 aromatic rings. The maximum Gasteiger partial charge on any atom is 0.350 e. The fourth-order valence-corrected chi connectivity index (χ4v) is 3.80. The summed E-state index contributed by atoms with van der Waals surface area (Å²) < 4.78 is 10.7. The molecule has 0 radical (unpaired) electrons. The predicted octanol–water partition coefficient (Wildman–Crippen LogP) is 4.38. The number of hydrogen-bond acceptors (Lipinski definition) is 6. The van der Waals surface area contributed by atoms with Crippen molar-refractivity contribution in [2.75, 3.05) is 18.1 Å². The third kappa shape index (κ3) is 5.75. The van der Waals surface area contributed by atoms with Gasteiger partial charge in [-0.3, -0.25) is 9.69 Å². The molecule has 2 aromatic carbocycles. The van der Waals surface area contributed by atoms with Crippen LogP contribution >= 0.6 is 11.3 Å². The second-order valence-electron chi connectivity index (χ2n) is 6.58. The molecular weight excluding hydrogens is 400 g/mol. The summed E-state index contributed by atoms with van der Waals surface area (Å²) in [5.74, 6) is -0.648. The molecule has 0 fully saturated rings. The van der Waals surface area contributed by atoms with Crippen LogP contribution < -0.4 is 4.90 Å². The highest BCUT2D eigenvalue weighted by Gasteiger charge is 2.24. The Bertz CT molecular complexity index is 973. The maximum atomic E-state index is 13.0. The Balaban J connectivity index is 1.77. The first kappa shape index (κ1) is 21.7. The van der Waals surface area contributed by atoms with Crippen molar-refractivity contribution in [2.24, 2.45) is 0 Å². The number of carbonyl (C=O) groups excluding carboxylic acids is 2. The van der Waals surface area contributed by atoms with E-state index in [1.165, 1.54) is 0 Å². The van der Waals surface area contributed by atoms with Crippen LogP contribution in [0.1, 0.15) is 33.4 Å². The standard InChI is InChI=1S/C23H24N2O4S/c1-3-29-22(27)21-17(2)24-23(30-21)25(14-18-10-6-4-7-11-18)20(26)16-28-15-19-12-8-5-9-13-19/h4-13H,3,14-16H2,1-2H3. The Kier molecular flexibility index (Phi) is 7.70. The summed E-state index contributed by atoms with van der Waals surface area (Å²) in [6.45, 7) is 4.37. The number of anilines is 1. The quantitative estimate of drug-likeness (QED) is 0.477. The normalized spacial score (nSPS) is 10.6. The van der Waals surface area contributed by atoms with Crippen LogP contribution in [0.3, 0.4) is 0 Å². The van der Waals surface area contributed by atoms with Crippen LogP contribution in [0.2, 0.25) is 0 Å². The molecule has 3 rings (SSSR count). The Hall–Kier alpha value is -3.03. The van der Waals surface area contributed by atoms with Gasteiger partial charge in [-0.15, -0.1) is 0 Å². The van der Waals surface area contributed by atoms with E-state index in [9.17, 15) is 9.59 Å². The number of aryl methyl sites for hydroxylation is 1. The monoisotopic (exact) mass is 424 g/mol. The average molecular weight is 425 g/mol. The molecule has 0 saturated carbocycles. The smallest absolute Gasteiger partial charge is 0.350 e. The minimum absolute atomic E-state index is 0.0882. The van der Waals surface area contributed by atoms with Gasteiger partial charge in [-0.1, -0.05) is 72.0 Å². The Morgan fingerprint density at radius 3 is 2.27 bits per heavy atom. The molecule has 0 bridgehead atoms. The van der Waals surface area contributed by atoms with Crippen molar-refractivity contribution in [1.82, 2.24) is 4.98 Å². The largest absolute Gasteiger partial charge is 0.462 e. The van der Waals surface area contributed by atoms with Gasteiger partial charge in [0.05, 0.1) is 25.5 Å². The van der Waals surface area contributed by atoms with Crippen LogP contribution in [0.25, 0.3) is 0 Å². The first-order valence-electron chi connectivity index (χ1n) is 9.69. The molecule has 1 heterocycles. The number of hydrogen-bond donors (Lipinski definition) is 0. The van der Waals surface area contributed by atoms with Crippen LogP contribution in [0.5, 0.6) is 0 Å². The second-order valence-corrected chi connectivity index (χ2v) is 7.55. The SMILES string of the molecule is CCOC(=O)c1sc(N(Cc2ccccc2)C(=O)COCc2ccccc2)nc1C. The van der Waals surface area contributed by atoms with Crippen molar-refractivity contribution >= 4 is 28.3 Å². The molecule has 1 amide bonds. The van der Waals surface area contributed by atoms with E-state index in [4.69, 9.17) is 9.47 Å². The van der Waals surface area contributed by atoms with Crippen LogP contribution in [0, 0.1) is 6.92 Å².